The van der Waals surface area contributed by atoms with Crippen molar-refractivity contribution < 1.29 is 0 Å². The number of nitrogens with zero attached hydrogens (tertiary/aromatic N) is 3. The van der Waals surface area contributed by atoms with Gasteiger partial charge in [-0.15, -0.1) is 0 Å². The summed E-state index contributed by atoms with van der Waals surface area (Å²) in [6.45, 7) is 5.73. The maximum atomic E-state index is 6.39. The Bertz CT molecular complexity index is 343. The molecule has 0 bridgehead atoms. The molecule has 0 aliphatic carbocycles. The van der Waals surface area contributed by atoms with E-state index in [1.54, 1.807) is 6.34 Å². The van der Waals surface area contributed by atoms with Crippen LogP contribution in [0.5, 0.6) is 0 Å². The van der Waals surface area contributed by atoms with Crippen LogP contribution in [0.4, 0.5) is 0 Å². The highest BCUT2D eigenvalue weighted by Crippen LogP contribution is 2.50. The van der Waals surface area contributed by atoms with Crippen molar-refractivity contribution in [3.63, 3.8) is 0 Å². The second kappa shape index (κ2) is 8.54. The minimum absolute atomic E-state index is 0.477. The Kier molecular flexibility index (Phi) is 8.04. The lowest BCUT2D eigenvalue weighted by Gasteiger charge is -2.41. The van der Waals surface area contributed by atoms with Gasteiger partial charge in [0.1, 0.15) is 6.34 Å². The van der Waals surface area contributed by atoms with Gasteiger partial charge in [-0.2, -0.15) is 5.10 Å². The Morgan fingerprint density at radius 1 is 0.952 bits per heavy atom. The molecule has 1 atom stereocenters. The summed E-state index contributed by atoms with van der Waals surface area (Å²) in [6, 6.07) is 0. The van der Waals surface area contributed by atoms with Crippen LogP contribution in [0.15, 0.2) is 5.10 Å². The Labute approximate surface area is 152 Å². The predicted octanol–water partition coefficient (Wildman–Crippen LogP) is 5.41. The molecule has 0 saturated carbocycles. The summed E-state index contributed by atoms with van der Waals surface area (Å²) >= 11 is 30.7. The lowest BCUT2D eigenvalue weighted by molar-refractivity contribution is 0.113. The second-order valence-corrected chi connectivity index (χ2v) is 8.85. The van der Waals surface area contributed by atoms with Crippen molar-refractivity contribution in [2.24, 2.45) is 5.10 Å². The molecule has 0 aromatic heterocycles. The van der Waals surface area contributed by atoms with Crippen LogP contribution in [-0.2, 0) is 0 Å². The van der Waals surface area contributed by atoms with Crippen molar-refractivity contribution >= 4 is 64.3 Å². The van der Waals surface area contributed by atoms with E-state index in [9.17, 15) is 0 Å². The van der Waals surface area contributed by atoms with Gasteiger partial charge in [0.15, 0.2) is 6.17 Å². The van der Waals surface area contributed by atoms with Crippen LogP contribution in [-0.4, -0.2) is 43.6 Å². The molecule has 1 aliphatic rings. The van der Waals surface area contributed by atoms with Gasteiger partial charge in [-0.3, -0.25) is 5.01 Å². The fourth-order valence-electron chi connectivity index (χ4n) is 2.29. The van der Waals surface area contributed by atoms with Crippen molar-refractivity contribution in [1.29, 1.82) is 0 Å². The Balaban J connectivity index is 2.80. The first-order valence-corrected chi connectivity index (χ1v) is 9.15. The molecule has 0 N–H and O–H groups in total. The second-order valence-electron chi connectivity index (χ2n) is 5.19. The zero-order valence-electron chi connectivity index (χ0n) is 12.3. The molecule has 1 aliphatic heterocycles. The van der Waals surface area contributed by atoms with Crippen molar-refractivity contribution in [1.82, 2.24) is 9.91 Å². The summed E-state index contributed by atoms with van der Waals surface area (Å²) in [5, 5.41) is 6.21. The van der Waals surface area contributed by atoms with Gasteiger partial charge in [0, 0.05) is 13.1 Å². The van der Waals surface area contributed by atoms with Crippen LogP contribution < -0.4 is 0 Å². The van der Waals surface area contributed by atoms with Crippen LogP contribution in [0, 0.1) is 0 Å². The molecule has 0 spiro atoms. The van der Waals surface area contributed by atoms with Gasteiger partial charge in [0.2, 0.25) is 8.13 Å². The predicted molar refractivity (Wildman–Crippen MR) is 94.9 cm³/mol. The van der Waals surface area contributed by atoms with E-state index in [0.29, 0.717) is 0 Å². The molecule has 21 heavy (non-hydrogen) atoms. The Morgan fingerprint density at radius 3 is 2.14 bits per heavy atom. The van der Waals surface area contributed by atoms with Gasteiger partial charge in [-0.1, -0.05) is 91.1 Å². The van der Waals surface area contributed by atoms with Crippen molar-refractivity contribution in [2.75, 3.05) is 13.1 Å². The number of hydrazone groups is 1. The smallest absolute Gasteiger partial charge is 0.227 e. The van der Waals surface area contributed by atoms with Crippen molar-refractivity contribution in [2.45, 2.75) is 60.2 Å². The fraction of sp³-hybridized carbons (Fsp3) is 0.923. The SMILES string of the molecule is CCCCCCN1N=CN(CCC)C1C(Cl)(Cl)C(Cl)(Cl)Cl. The van der Waals surface area contributed by atoms with Gasteiger partial charge in [0.05, 0.1) is 0 Å². The normalized spacial score (nSPS) is 19.7. The van der Waals surface area contributed by atoms with E-state index in [1.165, 1.54) is 12.8 Å². The molecule has 1 unspecified atom stereocenters. The summed E-state index contributed by atoms with van der Waals surface area (Å²) in [5.74, 6) is 0. The standard InChI is InChI=1S/C13H22Cl5N3/c1-3-5-6-7-9-21-11(12(14,15)13(16,17)18)20(8-4-2)10-19-21/h10-11H,3-9H2,1-2H3. The first kappa shape index (κ1) is 19.8. The minimum atomic E-state index is -1.80. The quantitative estimate of drug-likeness (QED) is 0.403. The summed E-state index contributed by atoms with van der Waals surface area (Å²) in [4.78, 5) is 1.93. The molecule has 0 fully saturated rings. The maximum absolute atomic E-state index is 6.39. The molecule has 0 aromatic carbocycles. The first-order chi connectivity index (χ1) is 9.75. The van der Waals surface area contributed by atoms with Crippen molar-refractivity contribution in [3.8, 4) is 0 Å². The molecular formula is C13H22Cl5N3. The molecule has 8 heteroatoms. The molecule has 3 nitrogen and oxygen atoms in total. The third kappa shape index (κ3) is 5.10. The summed E-state index contributed by atoms with van der Waals surface area (Å²) < 4.78 is -3.38. The van der Waals surface area contributed by atoms with E-state index in [-0.39, 0.29) is 0 Å². The Hall–Kier alpha value is 0.720. The molecular weight excluding hydrogens is 375 g/mol. The molecule has 0 saturated heterocycles. The zero-order valence-corrected chi connectivity index (χ0v) is 16.1. The zero-order chi connectivity index (χ0) is 16.1. The number of hydrogen-bond donors (Lipinski definition) is 0. The summed E-state index contributed by atoms with van der Waals surface area (Å²) in [6.07, 6.45) is 6.69. The third-order valence-corrected chi connectivity index (χ3v) is 5.80. The fourth-order valence-corrected chi connectivity index (χ4v) is 3.06. The van der Waals surface area contributed by atoms with Gasteiger partial charge in [0.25, 0.3) is 0 Å². The van der Waals surface area contributed by atoms with Crippen LogP contribution in [0.2, 0.25) is 0 Å². The van der Waals surface area contributed by atoms with E-state index in [4.69, 9.17) is 58.0 Å². The van der Waals surface area contributed by atoms with Crippen molar-refractivity contribution in [3.05, 3.63) is 0 Å². The monoisotopic (exact) mass is 395 g/mol. The minimum Gasteiger partial charge on any atom is -0.337 e. The van der Waals surface area contributed by atoms with E-state index in [2.05, 4.69) is 18.9 Å². The number of alkyl halides is 5. The first-order valence-electron chi connectivity index (χ1n) is 7.26. The van der Waals surface area contributed by atoms with E-state index >= 15 is 0 Å². The number of unbranched alkanes of at least 4 members (excludes halogenated alkanes) is 3. The highest BCUT2D eigenvalue weighted by Gasteiger charge is 2.57. The van der Waals surface area contributed by atoms with Crippen LogP contribution in [0.1, 0.15) is 46.0 Å². The van der Waals surface area contributed by atoms with Gasteiger partial charge in [-0.05, 0) is 12.8 Å². The highest BCUT2D eigenvalue weighted by atomic mass is 35.6. The Morgan fingerprint density at radius 2 is 1.62 bits per heavy atom. The van der Waals surface area contributed by atoms with Gasteiger partial charge < -0.3 is 4.90 Å². The maximum Gasteiger partial charge on any atom is 0.227 e. The van der Waals surface area contributed by atoms with Crippen LogP contribution >= 0.6 is 58.0 Å². The molecule has 0 amide bonds. The largest absolute Gasteiger partial charge is 0.337 e. The summed E-state index contributed by atoms with van der Waals surface area (Å²) in [7, 11) is 0. The number of rotatable bonds is 8. The summed E-state index contributed by atoms with van der Waals surface area (Å²) in [5.41, 5.74) is 0. The number of hydrogen-bond acceptors (Lipinski definition) is 3. The molecule has 1 heterocycles. The average Bonchev–Trinajstić information content (AvgIpc) is 2.77. The third-order valence-electron chi connectivity index (χ3n) is 3.37. The van der Waals surface area contributed by atoms with Gasteiger partial charge in [-0.25, -0.2) is 0 Å². The number of halogens is 5. The molecule has 0 aromatic rings. The highest BCUT2D eigenvalue weighted by molar-refractivity contribution is 6.75. The van der Waals surface area contributed by atoms with E-state index in [0.717, 1.165) is 32.4 Å². The van der Waals surface area contributed by atoms with E-state index in [1.807, 2.05) is 9.91 Å². The molecule has 124 valence electrons. The van der Waals surface area contributed by atoms with Crippen LogP contribution in [0.25, 0.3) is 0 Å². The lowest BCUT2D eigenvalue weighted by atomic mass is 10.2. The topological polar surface area (TPSA) is 18.8 Å². The lowest BCUT2D eigenvalue weighted by Crippen LogP contribution is -2.57. The average molecular weight is 398 g/mol. The molecule has 0 radical (unpaired) electrons. The van der Waals surface area contributed by atoms with Crippen LogP contribution in [0.3, 0.4) is 0 Å². The molecule has 1 rings (SSSR count). The van der Waals surface area contributed by atoms with E-state index < -0.39 is 14.3 Å². The van der Waals surface area contributed by atoms with Gasteiger partial charge >= 0.3 is 0 Å².